The van der Waals surface area contributed by atoms with E-state index in [-0.39, 0.29) is 17.6 Å². The number of benzene rings is 2. The second kappa shape index (κ2) is 12.6. The van der Waals surface area contributed by atoms with E-state index in [0.717, 1.165) is 11.1 Å². The largest absolute Gasteiger partial charge is 0.412 e. The van der Waals surface area contributed by atoms with Crippen LogP contribution in [0.4, 0.5) is 0 Å². The molecule has 5 nitrogen and oxygen atoms in total. The zero-order valence-corrected chi connectivity index (χ0v) is 15.5. The highest BCUT2D eigenvalue weighted by Gasteiger charge is 2.13. The first-order valence-corrected chi connectivity index (χ1v) is 8.31. The molecule has 0 aromatic heterocycles. The highest BCUT2D eigenvalue weighted by Crippen LogP contribution is 2.16. The lowest BCUT2D eigenvalue weighted by Gasteiger charge is -2.17. The fourth-order valence-electron chi connectivity index (χ4n) is 2.19. The van der Waals surface area contributed by atoms with E-state index in [1.54, 1.807) is 0 Å². The van der Waals surface area contributed by atoms with Crippen LogP contribution in [0.5, 0.6) is 0 Å². The molecule has 2 rings (SSSR count). The molecular formula is C20H32N2O3. The van der Waals surface area contributed by atoms with Crippen molar-refractivity contribution in [2.75, 3.05) is 14.1 Å². The van der Waals surface area contributed by atoms with E-state index in [0.29, 0.717) is 0 Å². The van der Waals surface area contributed by atoms with Gasteiger partial charge in [-0.25, -0.2) is 0 Å². The standard InChI is InChI=1S/2C10H15NO.H2O/c2*1-8(11-2)10(12)9-6-4-3-5-7-9;/h2*3-8,10-12H,1-2H3;1H2/t2*8-,10-;/m00./s1. The van der Waals surface area contributed by atoms with E-state index < -0.39 is 12.2 Å². The minimum atomic E-state index is -0.420. The maximum Gasteiger partial charge on any atom is 0.0940 e. The predicted octanol–water partition coefficient (Wildman–Crippen LogP) is 1.83. The van der Waals surface area contributed by atoms with Crippen LogP contribution in [-0.4, -0.2) is 41.9 Å². The molecule has 0 saturated carbocycles. The van der Waals surface area contributed by atoms with Crippen LogP contribution in [0.15, 0.2) is 60.7 Å². The number of hydrogen-bond donors (Lipinski definition) is 4. The maximum absolute atomic E-state index is 9.73. The highest BCUT2D eigenvalue weighted by molar-refractivity contribution is 5.19. The first kappa shape index (κ1) is 23.2. The van der Waals surface area contributed by atoms with Gasteiger partial charge in [-0.3, -0.25) is 0 Å². The second-order valence-corrected chi connectivity index (χ2v) is 5.87. The van der Waals surface area contributed by atoms with Gasteiger partial charge in [0.1, 0.15) is 0 Å². The molecule has 0 aliphatic rings. The zero-order valence-electron chi connectivity index (χ0n) is 15.5. The predicted molar refractivity (Wildman–Crippen MR) is 103 cm³/mol. The molecule has 0 unspecified atom stereocenters. The van der Waals surface area contributed by atoms with Crippen LogP contribution in [0.25, 0.3) is 0 Å². The molecule has 2 aromatic carbocycles. The molecule has 0 amide bonds. The Morgan fingerprint density at radius 2 is 0.920 bits per heavy atom. The fraction of sp³-hybridized carbons (Fsp3) is 0.400. The summed E-state index contributed by atoms with van der Waals surface area (Å²) in [5, 5.41) is 25.5. The van der Waals surface area contributed by atoms with Crippen LogP contribution in [0.1, 0.15) is 37.2 Å². The molecule has 0 saturated heterocycles. The van der Waals surface area contributed by atoms with Gasteiger partial charge in [-0.2, -0.15) is 0 Å². The summed E-state index contributed by atoms with van der Waals surface area (Å²) in [5.41, 5.74) is 1.92. The summed E-state index contributed by atoms with van der Waals surface area (Å²) >= 11 is 0. The van der Waals surface area contributed by atoms with Crippen molar-refractivity contribution in [2.45, 2.75) is 38.1 Å². The van der Waals surface area contributed by atoms with Crippen molar-refractivity contribution in [3.05, 3.63) is 71.8 Å². The number of likely N-dealkylation sites (N-methyl/N-ethyl adjacent to an activating group) is 2. The van der Waals surface area contributed by atoms with Gasteiger partial charge in [0.25, 0.3) is 0 Å². The molecule has 5 heteroatoms. The van der Waals surface area contributed by atoms with Gasteiger partial charge in [0, 0.05) is 12.1 Å². The average Bonchev–Trinajstić information content (AvgIpc) is 2.67. The van der Waals surface area contributed by atoms with Gasteiger partial charge < -0.3 is 26.3 Å². The zero-order chi connectivity index (χ0) is 17.9. The average molecular weight is 348 g/mol. The molecule has 4 atom stereocenters. The number of rotatable bonds is 6. The minimum absolute atomic E-state index is 0. The van der Waals surface area contributed by atoms with Crippen molar-refractivity contribution >= 4 is 0 Å². The van der Waals surface area contributed by atoms with Crippen LogP contribution < -0.4 is 10.6 Å². The van der Waals surface area contributed by atoms with Gasteiger partial charge in [-0.15, -0.1) is 0 Å². The van der Waals surface area contributed by atoms with Gasteiger partial charge >= 0.3 is 0 Å². The number of hydrogen-bond acceptors (Lipinski definition) is 4. The van der Waals surface area contributed by atoms with Crippen molar-refractivity contribution in [3.8, 4) is 0 Å². The number of aliphatic hydroxyl groups excluding tert-OH is 2. The lowest BCUT2D eigenvalue weighted by Crippen LogP contribution is -2.28. The molecule has 0 fully saturated rings. The van der Waals surface area contributed by atoms with Gasteiger partial charge in [0.15, 0.2) is 0 Å². The molecule has 25 heavy (non-hydrogen) atoms. The van der Waals surface area contributed by atoms with Crippen LogP contribution in [-0.2, 0) is 0 Å². The monoisotopic (exact) mass is 348 g/mol. The lowest BCUT2D eigenvalue weighted by molar-refractivity contribution is 0.140. The molecule has 140 valence electrons. The van der Waals surface area contributed by atoms with Crippen molar-refractivity contribution in [1.82, 2.24) is 10.6 Å². The van der Waals surface area contributed by atoms with Crippen LogP contribution in [0.3, 0.4) is 0 Å². The Hall–Kier alpha value is -1.76. The van der Waals surface area contributed by atoms with Crippen LogP contribution in [0.2, 0.25) is 0 Å². The summed E-state index contributed by atoms with van der Waals surface area (Å²) in [4.78, 5) is 0. The SMILES string of the molecule is CN[C@@H](C)[C@H](O)c1ccccc1.CN[C@@H](C)[C@H](O)c1ccccc1.O. The van der Waals surface area contributed by atoms with Crippen molar-refractivity contribution in [1.29, 1.82) is 0 Å². The third-order valence-corrected chi connectivity index (χ3v) is 4.14. The summed E-state index contributed by atoms with van der Waals surface area (Å²) in [6, 6.07) is 19.5. The normalized spacial score (nSPS) is 15.0. The Kier molecular flexibility index (Phi) is 11.7. The summed E-state index contributed by atoms with van der Waals surface area (Å²) < 4.78 is 0. The Morgan fingerprint density at radius 1 is 0.640 bits per heavy atom. The number of aliphatic hydroxyl groups is 2. The second-order valence-electron chi connectivity index (χ2n) is 5.87. The van der Waals surface area contributed by atoms with E-state index >= 15 is 0 Å². The van der Waals surface area contributed by atoms with Gasteiger partial charge in [-0.1, -0.05) is 60.7 Å². The Morgan fingerprint density at radius 3 is 1.16 bits per heavy atom. The smallest absolute Gasteiger partial charge is 0.0940 e. The van der Waals surface area contributed by atoms with Gasteiger partial charge in [0.05, 0.1) is 12.2 Å². The molecular weight excluding hydrogens is 316 g/mol. The van der Waals surface area contributed by atoms with E-state index in [1.807, 2.05) is 88.6 Å². The van der Waals surface area contributed by atoms with Crippen molar-refractivity contribution < 1.29 is 15.7 Å². The summed E-state index contributed by atoms with van der Waals surface area (Å²) in [6.45, 7) is 3.91. The summed E-state index contributed by atoms with van der Waals surface area (Å²) in [6.07, 6.45) is -0.840. The Balaban J connectivity index is 0.000000443. The topological polar surface area (TPSA) is 96.0 Å². The summed E-state index contributed by atoms with van der Waals surface area (Å²) in [7, 11) is 3.69. The van der Waals surface area contributed by atoms with E-state index in [9.17, 15) is 10.2 Å². The molecule has 0 heterocycles. The molecule has 0 aliphatic carbocycles. The molecule has 0 aliphatic heterocycles. The van der Waals surface area contributed by atoms with E-state index in [4.69, 9.17) is 0 Å². The van der Waals surface area contributed by atoms with Gasteiger partial charge in [0.2, 0.25) is 0 Å². The molecule has 0 radical (unpaired) electrons. The third kappa shape index (κ3) is 7.77. The van der Waals surface area contributed by atoms with E-state index in [1.165, 1.54) is 0 Å². The molecule has 0 bridgehead atoms. The van der Waals surface area contributed by atoms with Crippen LogP contribution >= 0.6 is 0 Å². The van der Waals surface area contributed by atoms with Crippen LogP contribution in [0, 0.1) is 0 Å². The number of nitrogens with one attached hydrogen (secondary N) is 2. The minimum Gasteiger partial charge on any atom is -0.412 e. The summed E-state index contributed by atoms with van der Waals surface area (Å²) in [5.74, 6) is 0. The Labute approximate surface area is 151 Å². The quantitative estimate of drug-likeness (QED) is 0.640. The van der Waals surface area contributed by atoms with E-state index in [2.05, 4.69) is 10.6 Å². The molecule has 6 N–H and O–H groups in total. The lowest BCUT2D eigenvalue weighted by atomic mass is 10.0. The first-order chi connectivity index (χ1) is 11.5. The molecule has 2 aromatic rings. The van der Waals surface area contributed by atoms with Gasteiger partial charge in [-0.05, 0) is 39.1 Å². The third-order valence-electron chi connectivity index (χ3n) is 4.14. The Bertz CT molecular complexity index is 500. The highest BCUT2D eigenvalue weighted by atomic mass is 16.3. The fourth-order valence-corrected chi connectivity index (χ4v) is 2.19. The maximum atomic E-state index is 9.73. The first-order valence-electron chi connectivity index (χ1n) is 8.31. The molecule has 0 spiro atoms. The van der Waals surface area contributed by atoms with Crippen molar-refractivity contribution in [3.63, 3.8) is 0 Å². The van der Waals surface area contributed by atoms with Crippen molar-refractivity contribution in [2.24, 2.45) is 0 Å².